The minimum absolute atomic E-state index is 0.186. The van der Waals surface area contributed by atoms with Gasteiger partial charge in [0.1, 0.15) is 12.4 Å². The van der Waals surface area contributed by atoms with Crippen molar-refractivity contribution < 1.29 is 23.6 Å². The minimum atomic E-state index is -1.22. The highest BCUT2D eigenvalue weighted by Crippen LogP contribution is 2.42. The standard InChI is InChI=1S/C25H18FN3O4/c1-13-10-18(15-6-4-3-5-7-15)21-14(2)22(13)29(12-20(30)31)25(32)17-9-8-16(11-19(17)26)23-27-24(21)33-28-23/h3-11H,12H2,1-2H3,(H,30,31). The van der Waals surface area contributed by atoms with Crippen LogP contribution in [0.3, 0.4) is 0 Å². The fourth-order valence-electron chi connectivity index (χ4n) is 4.31. The molecule has 2 aliphatic rings. The number of carboxylic acid groups (broad SMARTS) is 1. The summed E-state index contributed by atoms with van der Waals surface area (Å²) in [7, 11) is 0. The molecule has 33 heavy (non-hydrogen) atoms. The van der Waals surface area contributed by atoms with Gasteiger partial charge in [0.15, 0.2) is 0 Å². The maximum atomic E-state index is 14.9. The van der Waals surface area contributed by atoms with E-state index in [9.17, 15) is 19.1 Å². The maximum Gasteiger partial charge on any atom is 0.323 e. The lowest BCUT2D eigenvalue weighted by Gasteiger charge is -2.27. The number of fused-ring (bicyclic) bond motifs is 3. The van der Waals surface area contributed by atoms with E-state index < -0.39 is 24.2 Å². The number of amides is 1. The Labute approximate surface area is 188 Å². The molecule has 0 unspecified atom stereocenters. The van der Waals surface area contributed by atoms with Gasteiger partial charge in [-0.1, -0.05) is 41.6 Å². The number of carboxylic acids is 1. The largest absolute Gasteiger partial charge is 0.480 e. The summed E-state index contributed by atoms with van der Waals surface area (Å²) in [5, 5.41) is 13.6. The molecular formula is C25H18FN3O4. The topological polar surface area (TPSA) is 96.5 Å². The second-order valence-electron chi connectivity index (χ2n) is 7.86. The number of halogens is 1. The van der Waals surface area contributed by atoms with Gasteiger partial charge in [-0.2, -0.15) is 4.98 Å². The Hall–Kier alpha value is -4.33. The fraction of sp³-hybridized carbons (Fsp3) is 0.120. The highest BCUT2D eigenvalue weighted by Gasteiger charge is 2.30. The van der Waals surface area contributed by atoms with Gasteiger partial charge in [0.25, 0.3) is 11.8 Å². The van der Waals surface area contributed by atoms with Crippen LogP contribution >= 0.6 is 0 Å². The van der Waals surface area contributed by atoms with Crippen molar-refractivity contribution in [1.82, 2.24) is 10.1 Å². The van der Waals surface area contributed by atoms with Crippen molar-refractivity contribution in [3.05, 3.63) is 77.1 Å². The third-order valence-corrected chi connectivity index (χ3v) is 5.72. The monoisotopic (exact) mass is 443 g/mol. The maximum absolute atomic E-state index is 14.9. The van der Waals surface area contributed by atoms with E-state index in [2.05, 4.69) is 10.1 Å². The summed E-state index contributed by atoms with van der Waals surface area (Å²) in [5.74, 6) is -2.39. The van der Waals surface area contributed by atoms with Crippen LogP contribution in [-0.2, 0) is 4.79 Å². The summed E-state index contributed by atoms with van der Waals surface area (Å²) in [6.07, 6.45) is 0. The minimum Gasteiger partial charge on any atom is -0.480 e. The van der Waals surface area contributed by atoms with Gasteiger partial charge in [-0.05, 0) is 54.3 Å². The molecule has 1 N–H and O–H groups in total. The molecule has 164 valence electrons. The Morgan fingerprint density at radius 1 is 1.06 bits per heavy atom. The van der Waals surface area contributed by atoms with Gasteiger partial charge in [0, 0.05) is 5.56 Å². The molecule has 7 nitrogen and oxygen atoms in total. The summed E-state index contributed by atoms with van der Waals surface area (Å²) < 4.78 is 20.5. The molecule has 0 atom stereocenters. The van der Waals surface area contributed by atoms with Crippen molar-refractivity contribution in [2.45, 2.75) is 13.8 Å². The lowest BCUT2D eigenvalue weighted by Crippen LogP contribution is -2.37. The van der Waals surface area contributed by atoms with Crippen LogP contribution in [-0.4, -0.2) is 33.7 Å². The third kappa shape index (κ3) is 3.36. The molecule has 1 amide bonds. The van der Waals surface area contributed by atoms with Crippen molar-refractivity contribution in [3.8, 4) is 34.0 Å². The van der Waals surface area contributed by atoms with E-state index in [4.69, 9.17) is 4.52 Å². The van der Waals surface area contributed by atoms with Crippen molar-refractivity contribution in [2.24, 2.45) is 0 Å². The third-order valence-electron chi connectivity index (χ3n) is 5.72. The van der Waals surface area contributed by atoms with Gasteiger partial charge in [-0.15, -0.1) is 0 Å². The lowest BCUT2D eigenvalue weighted by atomic mass is 9.91. The number of hydrogen-bond acceptors (Lipinski definition) is 5. The van der Waals surface area contributed by atoms with E-state index in [0.717, 1.165) is 22.1 Å². The first-order chi connectivity index (χ1) is 15.8. The number of rotatable bonds is 3. The molecule has 6 rings (SSSR count). The molecule has 0 aliphatic carbocycles. The number of benzene rings is 3. The molecule has 3 aromatic carbocycles. The second-order valence-corrected chi connectivity index (χ2v) is 7.86. The first kappa shape index (κ1) is 20.6. The van der Waals surface area contributed by atoms with Crippen LogP contribution in [0, 0.1) is 19.7 Å². The Balaban J connectivity index is 1.90. The Morgan fingerprint density at radius 2 is 1.82 bits per heavy atom. The number of nitrogens with zero attached hydrogens (tertiary/aromatic N) is 3. The normalized spacial score (nSPS) is 12.5. The van der Waals surface area contributed by atoms with E-state index in [1.165, 1.54) is 12.1 Å². The van der Waals surface area contributed by atoms with E-state index in [0.29, 0.717) is 27.9 Å². The second kappa shape index (κ2) is 7.67. The van der Waals surface area contributed by atoms with E-state index in [1.54, 1.807) is 13.8 Å². The molecule has 0 saturated heterocycles. The smallest absolute Gasteiger partial charge is 0.323 e. The molecule has 6 bridgehead atoms. The van der Waals surface area contributed by atoms with Crippen LogP contribution in [0.4, 0.5) is 10.1 Å². The fourth-order valence-corrected chi connectivity index (χ4v) is 4.31. The van der Waals surface area contributed by atoms with E-state index in [1.807, 2.05) is 36.4 Å². The van der Waals surface area contributed by atoms with Crippen LogP contribution in [0.25, 0.3) is 34.0 Å². The molecule has 0 spiro atoms. The molecule has 8 heteroatoms. The molecule has 1 aromatic heterocycles. The van der Waals surface area contributed by atoms with Gasteiger partial charge in [0.2, 0.25) is 5.82 Å². The van der Waals surface area contributed by atoms with Gasteiger partial charge in [0.05, 0.1) is 16.8 Å². The molecule has 0 radical (unpaired) electrons. The summed E-state index contributed by atoms with van der Waals surface area (Å²) in [4.78, 5) is 30.7. The number of aryl methyl sites for hydroxylation is 1. The van der Waals surface area contributed by atoms with Crippen molar-refractivity contribution in [3.63, 3.8) is 0 Å². The summed E-state index contributed by atoms with van der Waals surface area (Å²) >= 11 is 0. The number of hydrogen-bond donors (Lipinski definition) is 1. The average Bonchev–Trinajstić information content (AvgIpc) is 3.27. The molecule has 0 saturated carbocycles. The van der Waals surface area contributed by atoms with Gasteiger partial charge < -0.3 is 9.63 Å². The highest BCUT2D eigenvalue weighted by atomic mass is 19.1. The summed E-state index contributed by atoms with van der Waals surface area (Å²) in [6.45, 7) is 2.91. The van der Waals surface area contributed by atoms with Crippen molar-refractivity contribution >= 4 is 17.6 Å². The zero-order valence-electron chi connectivity index (χ0n) is 17.8. The lowest BCUT2D eigenvalue weighted by molar-refractivity contribution is -0.135. The Bertz CT molecular complexity index is 1430. The number of aromatic nitrogens is 2. The van der Waals surface area contributed by atoms with E-state index >= 15 is 0 Å². The quantitative estimate of drug-likeness (QED) is 0.485. The number of aliphatic carboxylic acids is 1. The zero-order valence-corrected chi connectivity index (χ0v) is 17.8. The summed E-state index contributed by atoms with van der Waals surface area (Å²) in [6, 6.07) is 15.4. The number of carbonyl (C=O) groups excluding carboxylic acids is 1. The molecule has 0 fully saturated rings. The molecule has 3 heterocycles. The van der Waals surface area contributed by atoms with Crippen molar-refractivity contribution in [2.75, 3.05) is 11.4 Å². The van der Waals surface area contributed by atoms with E-state index in [-0.39, 0.29) is 17.3 Å². The van der Waals surface area contributed by atoms with Gasteiger partial charge >= 0.3 is 5.97 Å². The summed E-state index contributed by atoms with van der Waals surface area (Å²) in [5.41, 5.74) is 3.96. The predicted octanol–water partition coefficient (Wildman–Crippen LogP) is 4.87. The SMILES string of the molecule is Cc1cc(-c2ccccc2)c2c(C)c1N(CC(=O)O)C(=O)c1ccc(cc1F)-c1noc-2n1. The van der Waals surface area contributed by atoms with Crippen LogP contribution in [0.5, 0.6) is 0 Å². The average molecular weight is 443 g/mol. The number of anilines is 1. The number of carbonyl (C=O) groups is 2. The van der Waals surface area contributed by atoms with Crippen LogP contribution in [0.15, 0.2) is 59.1 Å². The van der Waals surface area contributed by atoms with Crippen LogP contribution < -0.4 is 4.90 Å². The van der Waals surface area contributed by atoms with Crippen LogP contribution in [0.1, 0.15) is 21.5 Å². The highest BCUT2D eigenvalue weighted by molar-refractivity contribution is 6.10. The first-order valence-electron chi connectivity index (χ1n) is 10.2. The van der Waals surface area contributed by atoms with Crippen molar-refractivity contribution in [1.29, 1.82) is 0 Å². The molecule has 4 aromatic rings. The van der Waals surface area contributed by atoms with Gasteiger partial charge in [-0.3, -0.25) is 14.5 Å². The Kier molecular flexibility index (Phi) is 4.78. The van der Waals surface area contributed by atoms with Crippen LogP contribution in [0.2, 0.25) is 0 Å². The first-order valence-corrected chi connectivity index (χ1v) is 10.2. The van der Waals surface area contributed by atoms with Gasteiger partial charge in [-0.25, -0.2) is 4.39 Å². The molecular weight excluding hydrogens is 425 g/mol. The zero-order chi connectivity index (χ0) is 23.3. The molecule has 2 aliphatic heterocycles. The predicted molar refractivity (Wildman–Crippen MR) is 119 cm³/mol. The Morgan fingerprint density at radius 3 is 2.52 bits per heavy atom.